The summed E-state index contributed by atoms with van der Waals surface area (Å²) >= 11 is 0. The number of hydrogen-bond acceptors (Lipinski definition) is 3. The average molecular weight is 232 g/mol. The van der Waals surface area contributed by atoms with Gasteiger partial charge in [-0.05, 0) is 24.1 Å². The first-order valence-electron chi connectivity index (χ1n) is 5.57. The normalized spacial score (nSPS) is 12.9. The number of amides is 1. The lowest BCUT2D eigenvalue weighted by Crippen LogP contribution is -2.39. The van der Waals surface area contributed by atoms with Crippen LogP contribution in [0.5, 0.6) is 0 Å². The number of hydrogen-bond donors (Lipinski definition) is 3. The number of rotatable bonds is 3. The molecule has 90 valence electrons. The minimum atomic E-state index is -0.493. The summed E-state index contributed by atoms with van der Waals surface area (Å²) < 4.78 is 0. The number of nitrogens with two attached hydrogens (primary N) is 1. The first-order valence-corrected chi connectivity index (χ1v) is 5.57. The van der Waals surface area contributed by atoms with Gasteiger partial charge in [-0.25, -0.2) is 0 Å². The molecular formula is C12H16N4O. The van der Waals surface area contributed by atoms with Crippen LogP contribution in [-0.4, -0.2) is 22.1 Å². The Morgan fingerprint density at radius 2 is 2.24 bits per heavy atom. The van der Waals surface area contributed by atoms with E-state index in [1.807, 2.05) is 32.0 Å². The molecule has 2 aromatic rings. The Kier molecular flexibility index (Phi) is 3.10. The number of carbonyl (C=O) groups excluding carboxylic acids is 1. The van der Waals surface area contributed by atoms with Gasteiger partial charge in [0.05, 0.1) is 17.8 Å². The first kappa shape index (κ1) is 11.6. The van der Waals surface area contributed by atoms with Crippen LogP contribution < -0.4 is 11.1 Å². The van der Waals surface area contributed by atoms with Crippen molar-refractivity contribution in [2.24, 2.45) is 11.7 Å². The number of H-pyrrole nitrogens is 1. The van der Waals surface area contributed by atoms with Crippen molar-refractivity contribution in [1.29, 1.82) is 0 Å². The molecule has 1 aromatic heterocycles. The molecule has 1 heterocycles. The second-order valence-electron chi connectivity index (χ2n) is 4.43. The summed E-state index contributed by atoms with van der Waals surface area (Å²) in [5, 5.41) is 10.6. The Morgan fingerprint density at radius 1 is 1.47 bits per heavy atom. The Labute approximate surface area is 99.4 Å². The molecular weight excluding hydrogens is 216 g/mol. The maximum atomic E-state index is 11.8. The Bertz CT molecular complexity index is 532. The number of anilines is 1. The van der Waals surface area contributed by atoms with E-state index in [0.29, 0.717) is 0 Å². The van der Waals surface area contributed by atoms with E-state index in [0.717, 1.165) is 16.6 Å². The molecule has 0 radical (unpaired) electrons. The predicted molar refractivity (Wildman–Crippen MR) is 67.5 cm³/mol. The van der Waals surface area contributed by atoms with Crippen LogP contribution in [0.3, 0.4) is 0 Å². The van der Waals surface area contributed by atoms with Crippen molar-refractivity contribution in [3.05, 3.63) is 24.4 Å². The summed E-state index contributed by atoms with van der Waals surface area (Å²) in [5.41, 5.74) is 7.38. The zero-order valence-electron chi connectivity index (χ0n) is 9.90. The van der Waals surface area contributed by atoms with Crippen LogP contribution >= 0.6 is 0 Å². The Morgan fingerprint density at radius 3 is 2.94 bits per heavy atom. The highest BCUT2D eigenvalue weighted by molar-refractivity contribution is 5.96. The molecule has 2 rings (SSSR count). The molecule has 0 fully saturated rings. The summed E-state index contributed by atoms with van der Waals surface area (Å²) in [5.74, 6) is -0.0512. The molecule has 5 heteroatoms. The third-order valence-electron chi connectivity index (χ3n) is 2.73. The van der Waals surface area contributed by atoms with Gasteiger partial charge in [-0.3, -0.25) is 9.89 Å². The van der Waals surface area contributed by atoms with Crippen LogP contribution in [0.2, 0.25) is 0 Å². The number of carbonyl (C=O) groups is 1. The molecule has 1 unspecified atom stereocenters. The van der Waals surface area contributed by atoms with Gasteiger partial charge >= 0.3 is 0 Å². The number of aromatic nitrogens is 2. The minimum absolute atomic E-state index is 0.117. The number of benzene rings is 1. The summed E-state index contributed by atoms with van der Waals surface area (Å²) in [6.07, 6.45) is 1.74. The molecule has 4 N–H and O–H groups in total. The van der Waals surface area contributed by atoms with Gasteiger partial charge in [0.2, 0.25) is 5.91 Å². The smallest absolute Gasteiger partial charge is 0.241 e. The van der Waals surface area contributed by atoms with Crippen molar-refractivity contribution in [3.63, 3.8) is 0 Å². The van der Waals surface area contributed by atoms with Gasteiger partial charge in [0.25, 0.3) is 0 Å². The number of nitrogens with zero attached hydrogens (tertiary/aromatic N) is 1. The minimum Gasteiger partial charge on any atom is -0.325 e. The maximum absolute atomic E-state index is 11.8. The molecule has 0 bridgehead atoms. The number of fused-ring (bicyclic) bond motifs is 1. The van der Waals surface area contributed by atoms with Gasteiger partial charge in [-0.15, -0.1) is 0 Å². The monoisotopic (exact) mass is 232 g/mol. The summed E-state index contributed by atoms with van der Waals surface area (Å²) in [6, 6.07) is 5.08. The van der Waals surface area contributed by atoms with Gasteiger partial charge in [0.1, 0.15) is 0 Å². The van der Waals surface area contributed by atoms with Crippen LogP contribution in [-0.2, 0) is 4.79 Å². The predicted octanol–water partition coefficient (Wildman–Crippen LogP) is 1.48. The lowest BCUT2D eigenvalue weighted by atomic mass is 10.0. The number of aromatic amines is 1. The van der Waals surface area contributed by atoms with E-state index >= 15 is 0 Å². The second kappa shape index (κ2) is 4.55. The molecule has 0 saturated carbocycles. The van der Waals surface area contributed by atoms with Gasteiger partial charge in [-0.1, -0.05) is 13.8 Å². The summed E-state index contributed by atoms with van der Waals surface area (Å²) in [4.78, 5) is 11.8. The van der Waals surface area contributed by atoms with Gasteiger partial charge in [-0.2, -0.15) is 5.10 Å². The zero-order valence-corrected chi connectivity index (χ0v) is 9.90. The van der Waals surface area contributed by atoms with Gasteiger partial charge in [0.15, 0.2) is 0 Å². The first-order chi connectivity index (χ1) is 8.08. The highest BCUT2D eigenvalue weighted by atomic mass is 16.2. The van der Waals surface area contributed by atoms with E-state index in [4.69, 9.17) is 5.73 Å². The quantitative estimate of drug-likeness (QED) is 0.749. The fourth-order valence-corrected chi connectivity index (χ4v) is 1.54. The number of nitrogens with one attached hydrogen (secondary N) is 2. The van der Waals surface area contributed by atoms with E-state index in [1.165, 1.54) is 0 Å². The molecule has 1 aromatic carbocycles. The molecule has 0 spiro atoms. The molecule has 0 aliphatic carbocycles. The Balaban J connectivity index is 2.15. The second-order valence-corrected chi connectivity index (χ2v) is 4.43. The highest BCUT2D eigenvalue weighted by Gasteiger charge is 2.17. The van der Waals surface area contributed by atoms with Gasteiger partial charge in [0, 0.05) is 11.1 Å². The molecule has 5 nitrogen and oxygen atoms in total. The highest BCUT2D eigenvalue weighted by Crippen LogP contribution is 2.16. The van der Waals surface area contributed by atoms with Crippen molar-refractivity contribution in [2.75, 3.05) is 5.32 Å². The molecule has 1 amide bonds. The van der Waals surface area contributed by atoms with E-state index in [2.05, 4.69) is 15.5 Å². The lowest BCUT2D eigenvalue weighted by Gasteiger charge is -2.15. The molecule has 0 aliphatic rings. The third-order valence-corrected chi connectivity index (χ3v) is 2.73. The van der Waals surface area contributed by atoms with Crippen LogP contribution in [0.25, 0.3) is 10.9 Å². The summed E-state index contributed by atoms with van der Waals surface area (Å²) in [7, 11) is 0. The topological polar surface area (TPSA) is 83.8 Å². The van der Waals surface area contributed by atoms with Crippen LogP contribution in [0, 0.1) is 5.92 Å². The van der Waals surface area contributed by atoms with E-state index < -0.39 is 6.04 Å². The fourth-order valence-electron chi connectivity index (χ4n) is 1.54. The maximum Gasteiger partial charge on any atom is 0.241 e. The van der Waals surface area contributed by atoms with Crippen molar-refractivity contribution in [3.8, 4) is 0 Å². The van der Waals surface area contributed by atoms with E-state index in [9.17, 15) is 4.79 Å². The lowest BCUT2D eigenvalue weighted by molar-refractivity contribution is -0.118. The van der Waals surface area contributed by atoms with E-state index in [-0.39, 0.29) is 11.8 Å². The standard InChI is InChI=1S/C12H16N4O/c1-7(2)11(13)12(17)15-9-4-3-8-6-14-16-10(8)5-9/h3-7,11H,13H2,1-2H3,(H,14,16)(H,15,17). The molecule has 1 atom stereocenters. The molecule has 17 heavy (non-hydrogen) atoms. The average Bonchev–Trinajstić information content (AvgIpc) is 2.74. The zero-order chi connectivity index (χ0) is 12.4. The molecule has 0 saturated heterocycles. The van der Waals surface area contributed by atoms with Crippen LogP contribution in [0.1, 0.15) is 13.8 Å². The largest absolute Gasteiger partial charge is 0.325 e. The van der Waals surface area contributed by atoms with Crippen LogP contribution in [0.4, 0.5) is 5.69 Å². The van der Waals surface area contributed by atoms with Gasteiger partial charge < -0.3 is 11.1 Å². The van der Waals surface area contributed by atoms with Crippen molar-refractivity contribution in [2.45, 2.75) is 19.9 Å². The van der Waals surface area contributed by atoms with Crippen molar-refractivity contribution < 1.29 is 4.79 Å². The fraction of sp³-hybridized carbons (Fsp3) is 0.333. The third kappa shape index (κ3) is 2.45. The Hall–Kier alpha value is -1.88. The SMILES string of the molecule is CC(C)C(N)C(=O)Nc1ccc2cn[nH]c2c1. The van der Waals surface area contributed by atoms with Crippen LogP contribution in [0.15, 0.2) is 24.4 Å². The van der Waals surface area contributed by atoms with E-state index in [1.54, 1.807) is 6.20 Å². The van der Waals surface area contributed by atoms with Crippen molar-refractivity contribution in [1.82, 2.24) is 10.2 Å². The molecule has 0 aliphatic heterocycles. The van der Waals surface area contributed by atoms with Crippen molar-refractivity contribution >= 4 is 22.5 Å². The summed E-state index contributed by atoms with van der Waals surface area (Å²) in [6.45, 7) is 3.84.